The normalized spacial score (nSPS) is 22.9. The lowest BCUT2D eigenvalue weighted by Crippen LogP contribution is -2.30. The van der Waals surface area contributed by atoms with Crippen molar-refractivity contribution >= 4 is 5.91 Å². The van der Waals surface area contributed by atoms with Crippen molar-refractivity contribution in [3.05, 3.63) is 18.0 Å². The van der Waals surface area contributed by atoms with Gasteiger partial charge in [0.15, 0.2) is 0 Å². The minimum absolute atomic E-state index is 0.113. The minimum atomic E-state index is 0.113. The van der Waals surface area contributed by atoms with E-state index in [0.717, 1.165) is 12.2 Å². The van der Waals surface area contributed by atoms with E-state index in [9.17, 15) is 4.79 Å². The summed E-state index contributed by atoms with van der Waals surface area (Å²) < 4.78 is 1.83. The van der Waals surface area contributed by atoms with Gasteiger partial charge in [0, 0.05) is 32.8 Å². The Morgan fingerprint density at radius 1 is 1.64 bits per heavy atom. The zero-order valence-corrected chi connectivity index (χ0v) is 8.16. The Labute approximate surface area is 82.5 Å². The van der Waals surface area contributed by atoms with Crippen LogP contribution in [-0.4, -0.2) is 28.8 Å². The number of nitrogens with zero attached hydrogens (tertiary/aromatic N) is 2. The highest BCUT2D eigenvalue weighted by Crippen LogP contribution is 2.11. The highest BCUT2D eigenvalue weighted by Gasteiger charge is 2.18. The van der Waals surface area contributed by atoms with Gasteiger partial charge in [-0.05, 0) is 6.07 Å². The molecule has 5 heteroatoms. The third-order valence-electron chi connectivity index (χ3n) is 2.46. The molecular formula is C9H14N4O. The zero-order chi connectivity index (χ0) is 9.97. The molecule has 76 valence electrons. The highest BCUT2D eigenvalue weighted by molar-refractivity contribution is 5.76. The van der Waals surface area contributed by atoms with Crippen LogP contribution in [0.2, 0.25) is 0 Å². The van der Waals surface area contributed by atoms with Gasteiger partial charge in [-0.25, -0.2) is 0 Å². The van der Waals surface area contributed by atoms with E-state index in [1.165, 1.54) is 0 Å². The summed E-state index contributed by atoms with van der Waals surface area (Å²) in [5.41, 5.74) is 1.10. The summed E-state index contributed by atoms with van der Waals surface area (Å²) in [6.45, 7) is 1.36. The summed E-state index contributed by atoms with van der Waals surface area (Å²) in [7, 11) is 1.91. The van der Waals surface area contributed by atoms with Crippen molar-refractivity contribution in [1.29, 1.82) is 0 Å². The third-order valence-corrected chi connectivity index (χ3v) is 2.46. The molecule has 0 saturated carbocycles. The van der Waals surface area contributed by atoms with Crippen molar-refractivity contribution < 1.29 is 4.79 Å². The number of aryl methyl sites for hydroxylation is 1. The molecule has 2 heterocycles. The van der Waals surface area contributed by atoms with E-state index in [4.69, 9.17) is 0 Å². The first-order chi connectivity index (χ1) is 6.77. The Bertz CT molecular complexity index is 333. The Morgan fingerprint density at radius 3 is 3.21 bits per heavy atom. The molecule has 0 aliphatic carbocycles. The smallest absolute Gasteiger partial charge is 0.221 e. The van der Waals surface area contributed by atoms with Gasteiger partial charge < -0.3 is 10.6 Å². The van der Waals surface area contributed by atoms with Crippen molar-refractivity contribution in [3.8, 4) is 0 Å². The van der Waals surface area contributed by atoms with E-state index in [1.807, 2.05) is 17.8 Å². The molecule has 1 aliphatic rings. The van der Waals surface area contributed by atoms with Crippen LogP contribution < -0.4 is 10.6 Å². The zero-order valence-electron chi connectivity index (χ0n) is 8.16. The van der Waals surface area contributed by atoms with Crippen LogP contribution in [-0.2, 0) is 11.8 Å². The molecule has 0 bridgehead atoms. The first-order valence-electron chi connectivity index (χ1n) is 4.75. The molecule has 1 atom stereocenters. The number of rotatable bonds is 1. The second-order valence-corrected chi connectivity index (χ2v) is 3.44. The lowest BCUT2D eigenvalue weighted by molar-refractivity contribution is -0.120. The third kappa shape index (κ3) is 1.77. The number of nitrogens with one attached hydrogen (secondary N) is 2. The van der Waals surface area contributed by atoms with Gasteiger partial charge in [0.25, 0.3) is 0 Å². The molecule has 1 fully saturated rings. The molecule has 2 rings (SSSR count). The van der Waals surface area contributed by atoms with Crippen LogP contribution in [0, 0.1) is 0 Å². The second-order valence-electron chi connectivity index (χ2n) is 3.44. The van der Waals surface area contributed by atoms with E-state index < -0.39 is 0 Å². The summed E-state index contributed by atoms with van der Waals surface area (Å²) >= 11 is 0. The number of hydrogen-bond donors (Lipinski definition) is 2. The maximum atomic E-state index is 11.1. The lowest BCUT2D eigenvalue weighted by Gasteiger charge is -2.15. The highest BCUT2D eigenvalue weighted by atomic mass is 16.1. The Hall–Kier alpha value is -1.36. The molecule has 1 aromatic heterocycles. The lowest BCUT2D eigenvalue weighted by atomic mass is 10.2. The molecule has 1 aliphatic heterocycles. The molecule has 0 spiro atoms. The monoisotopic (exact) mass is 194 g/mol. The van der Waals surface area contributed by atoms with E-state index in [-0.39, 0.29) is 11.9 Å². The van der Waals surface area contributed by atoms with Gasteiger partial charge in [0.1, 0.15) is 0 Å². The number of hydrogen-bond acceptors (Lipinski definition) is 3. The minimum Gasteiger partial charge on any atom is -0.354 e. The standard InChI is InChI=1S/C9H14N4O/c1-13-8(2-5-12-13)7-6-11-9(14)3-4-10-7/h2,5,7,10H,3-4,6H2,1H3,(H,11,14). The molecule has 1 aromatic rings. The van der Waals surface area contributed by atoms with E-state index >= 15 is 0 Å². The number of carbonyl (C=O) groups is 1. The molecule has 14 heavy (non-hydrogen) atoms. The molecule has 1 saturated heterocycles. The maximum absolute atomic E-state index is 11.1. The van der Waals surface area contributed by atoms with E-state index in [1.54, 1.807) is 6.20 Å². The summed E-state index contributed by atoms with van der Waals surface area (Å²) in [4.78, 5) is 11.1. The average Bonchev–Trinajstić information content (AvgIpc) is 2.46. The quantitative estimate of drug-likeness (QED) is 0.638. The SMILES string of the molecule is Cn1nccc1C1CNC(=O)CCN1. The van der Waals surface area contributed by atoms with Crippen molar-refractivity contribution in [2.24, 2.45) is 7.05 Å². The van der Waals surface area contributed by atoms with Gasteiger partial charge in [-0.3, -0.25) is 9.48 Å². The molecule has 0 radical (unpaired) electrons. The Kier molecular flexibility index (Phi) is 2.49. The van der Waals surface area contributed by atoms with Gasteiger partial charge >= 0.3 is 0 Å². The van der Waals surface area contributed by atoms with Gasteiger partial charge in [-0.1, -0.05) is 0 Å². The molecule has 0 aromatic carbocycles. The molecule has 5 nitrogen and oxygen atoms in total. The fraction of sp³-hybridized carbons (Fsp3) is 0.556. The predicted octanol–water partition coefficient (Wildman–Crippen LogP) is -0.429. The number of aromatic nitrogens is 2. The largest absolute Gasteiger partial charge is 0.354 e. The van der Waals surface area contributed by atoms with Crippen LogP contribution in [0.15, 0.2) is 12.3 Å². The van der Waals surface area contributed by atoms with Crippen LogP contribution in [0.25, 0.3) is 0 Å². The Balaban J connectivity index is 2.11. The number of amides is 1. The van der Waals surface area contributed by atoms with Gasteiger partial charge in [-0.15, -0.1) is 0 Å². The van der Waals surface area contributed by atoms with Crippen LogP contribution in [0.1, 0.15) is 18.2 Å². The number of carbonyl (C=O) groups excluding carboxylic acids is 1. The van der Waals surface area contributed by atoms with Gasteiger partial charge in [0.05, 0.1) is 11.7 Å². The first kappa shape index (κ1) is 9.21. The summed E-state index contributed by atoms with van der Waals surface area (Å²) in [5.74, 6) is 0.113. The molecule has 1 amide bonds. The van der Waals surface area contributed by atoms with Crippen LogP contribution >= 0.6 is 0 Å². The molecular weight excluding hydrogens is 180 g/mol. The second kappa shape index (κ2) is 3.79. The van der Waals surface area contributed by atoms with Crippen LogP contribution in [0.5, 0.6) is 0 Å². The van der Waals surface area contributed by atoms with E-state index in [0.29, 0.717) is 13.0 Å². The summed E-state index contributed by atoms with van der Waals surface area (Å²) in [6.07, 6.45) is 2.32. The van der Waals surface area contributed by atoms with Crippen LogP contribution in [0.4, 0.5) is 0 Å². The molecule has 1 unspecified atom stereocenters. The van der Waals surface area contributed by atoms with Gasteiger partial charge in [0.2, 0.25) is 5.91 Å². The van der Waals surface area contributed by atoms with Crippen molar-refractivity contribution in [3.63, 3.8) is 0 Å². The van der Waals surface area contributed by atoms with Crippen molar-refractivity contribution in [1.82, 2.24) is 20.4 Å². The average molecular weight is 194 g/mol. The van der Waals surface area contributed by atoms with Crippen molar-refractivity contribution in [2.75, 3.05) is 13.1 Å². The fourth-order valence-corrected chi connectivity index (χ4v) is 1.67. The summed E-state index contributed by atoms with van der Waals surface area (Å²) in [6, 6.07) is 2.14. The van der Waals surface area contributed by atoms with Crippen molar-refractivity contribution in [2.45, 2.75) is 12.5 Å². The maximum Gasteiger partial charge on any atom is 0.221 e. The van der Waals surface area contributed by atoms with Gasteiger partial charge in [-0.2, -0.15) is 5.10 Å². The fourth-order valence-electron chi connectivity index (χ4n) is 1.67. The Morgan fingerprint density at radius 2 is 2.50 bits per heavy atom. The summed E-state index contributed by atoms with van der Waals surface area (Å²) in [5, 5.41) is 10.3. The molecule has 2 N–H and O–H groups in total. The topological polar surface area (TPSA) is 59.0 Å². The van der Waals surface area contributed by atoms with E-state index in [2.05, 4.69) is 15.7 Å². The first-order valence-corrected chi connectivity index (χ1v) is 4.75. The van der Waals surface area contributed by atoms with Crippen LogP contribution in [0.3, 0.4) is 0 Å². The predicted molar refractivity (Wildman–Crippen MR) is 51.6 cm³/mol.